The Morgan fingerprint density at radius 3 is 2.47 bits per heavy atom. The second-order valence-corrected chi connectivity index (χ2v) is 3.92. The monoisotopic (exact) mass is 228 g/mol. The van der Waals surface area contributed by atoms with Crippen molar-refractivity contribution in [2.45, 2.75) is 18.9 Å². The van der Waals surface area contributed by atoms with Crippen molar-refractivity contribution in [1.82, 2.24) is 15.4 Å². The molecule has 0 radical (unpaired) electrons. The van der Waals surface area contributed by atoms with Crippen LogP contribution in [0.1, 0.15) is 23.6 Å². The second kappa shape index (κ2) is 6.08. The second-order valence-electron chi connectivity index (χ2n) is 3.92. The van der Waals surface area contributed by atoms with Crippen molar-refractivity contribution in [3.63, 3.8) is 0 Å². The topological polar surface area (TPSA) is 63.8 Å². The first kappa shape index (κ1) is 11.7. The zero-order valence-corrected chi connectivity index (χ0v) is 9.58. The van der Waals surface area contributed by atoms with Crippen LogP contribution in [0.5, 0.6) is 0 Å². The molecule has 0 saturated heterocycles. The number of benzene rings is 1. The predicted molar refractivity (Wildman–Crippen MR) is 66.9 cm³/mol. The van der Waals surface area contributed by atoms with Crippen LogP contribution in [0.3, 0.4) is 0 Å². The van der Waals surface area contributed by atoms with E-state index in [0.717, 1.165) is 18.4 Å². The van der Waals surface area contributed by atoms with Gasteiger partial charge in [-0.25, -0.2) is 9.97 Å². The molecule has 4 nitrogen and oxygen atoms in total. The molecule has 0 amide bonds. The van der Waals surface area contributed by atoms with E-state index in [4.69, 9.17) is 5.84 Å². The molecule has 0 bridgehead atoms. The average Bonchev–Trinajstić information content (AvgIpc) is 2.42. The maximum atomic E-state index is 5.56. The van der Waals surface area contributed by atoms with Crippen LogP contribution >= 0.6 is 0 Å². The smallest absolute Gasteiger partial charge is 0.115 e. The number of nitrogens with two attached hydrogens (primary N) is 1. The molecule has 0 aliphatic carbocycles. The lowest BCUT2D eigenvalue weighted by Crippen LogP contribution is -2.28. The molecule has 17 heavy (non-hydrogen) atoms. The first-order chi connectivity index (χ1) is 8.40. The van der Waals surface area contributed by atoms with Crippen molar-refractivity contribution in [2.75, 3.05) is 0 Å². The Labute approximate surface area is 101 Å². The quantitative estimate of drug-likeness (QED) is 0.603. The highest BCUT2D eigenvalue weighted by Gasteiger charge is 2.09. The van der Waals surface area contributed by atoms with Gasteiger partial charge in [-0.2, -0.15) is 0 Å². The van der Waals surface area contributed by atoms with Gasteiger partial charge in [-0.15, -0.1) is 0 Å². The lowest BCUT2D eigenvalue weighted by molar-refractivity contribution is 0.513. The zero-order chi connectivity index (χ0) is 11.9. The van der Waals surface area contributed by atoms with Gasteiger partial charge < -0.3 is 0 Å². The molecule has 4 heteroatoms. The molecule has 0 spiro atoms. The van der Waals surface area contributed by atoms with E-state index in [2.05, 4.69) is 27.5 Å². The Kier molecular flexibility index (Phi) is 4.18. The van der Waals surface area contributed by atoms with E-state index in [0.29, 0.717) is 0 Å². The van der Waals surface area contributed by atoms with Gasteiger partial charge in [0.1, 0.15) is 6.33 Å². The molecule has 1 aromatic heterocycles. The largest absolute Gasteiger partial charge is 0.271 e. The summed E-state index contributed by atoms with van der Waals surface area (Å²) >= 11 is 0. The molecule has 1 heterocycles. The van der Waals surface area contributed by atoms with Gasteiger partial charge in [0.2, 0.25) is 0 Å². The summed E-state index contributed by atoms with van der Waals surface area (Å²) in [6.45, 7) is 0. The third kappa shape index (κ3) is 3.34. The fourth-order valence-corrected chi connectivity index (χ4v) is 1.79. The van der Waals surface area contributed by atoms with Crippen LogP contribution in [0, 0.1) is 0 Å². The summed E-state index contributed by atoms with van der Waals surface area (Å²) in [4.78, 5) is 8.00. The molecule has 1 unspecified atom stereocenters. The van der Waals surface area contributed by atoms with E-state index in [9.17, 15) is 0 Å². The van der Waals surface area contributed by atoms with E-state index >= 15 is 0 Å². The molecule has 0 aliphatic heterocycles. The Hall–Kier alpha value is -1.78. The van der Waals surface area contributed by atoms with Gasteiger partial charge in [-0.3, -0.25) is 11.3 Å². The van der Waals surface area contributed by atoms with E-state index < -0.39 is 0 Å². The van der Waals surface area contributed by atoms with Crippen LogP contribution in [0.4, 0.5) is 0 Å². The van der Waals surface area contributed by atoms with Crippen LogP contribution in [0.25, 0.3) is 0 Å². The minimum atomic E-state index is 0.0939. The number of aromatic nitrogens is 2. The van der Waals surface area contributed by atoms with Crippen molar-refractivity contribution in [2.24, 2.45) is 5.84 Å². The van der Waals surface area contributed by atoms with Crippen molar-refractivity contribution in [3.8, 4) is 0 Å². The molecule has 1 atom stereocenters. The third-order valence-electron chi connectivity index (χ3n) is 2.75. The summed E-state index contributed by atoms with van der Waals surface area (Å²) in [5.74, 6) is 5.56. The molecule has 0 aliphatic rings. The number of rotatable bonds is 5. The number of hydrazine groups is 1. The SMILES string of the molecule is NNC(CCc1ccccc1)c1cncnc1. The summed E-state index contributed by atoms with van der Waals surface area (Å²) in [7, 11) is 0. The number of nitrogens with zero attached hydrogens (tertiary/aromatic N) is 2. The highest BCUT2D eigenvalue weighted by atomic mass is 15.2. The lowest BCUT2D eigenvalue weighted by atomic mass is 10.0. The van der Waals surface area contributed by atoms with Crippen LogP contribution in [0.2, 0.25) is 0 Å². The fraction of sp³-hybridized carbons (Fsp3) is 0.231. The van der Waals surface area contributed by atoms with Crippen LogP contribution in [-0.2, 0) is 6.42 Å². The number of nitrogens with one attached hydrogen (secondary N) is 1. The van der Waals surface area contributed by atoms with E-state index in [1.165, 1.54) is 11.9 Å². The zero-order valence-electron chi connectivity index (χ0n) is 9.58. The van der Waals surface area contributed by atoms with Gasteiger partial charge in [0.05, 0.1) is 0 Å². The molecule has 2 aromatic rings. The minimum Gasteiger partial charge on any atom is -0.271 e. The maximum absolute atomic E-state index is 5.56. The van der Waals surface area contributed by atoms with Crippen molar-refractivity contribution < 1.29 is 0 Å². The number of hydrogen-bond donors (Lipinski definition) is 2. The van der Waals surface area contributed by atoms with Crippen molar-refractivity contribution in [3.05, 3.63) is 60.2 Å². The lowest BCUT2D eigenvalue weighted by Gasteiger charge is -2.15. The van der Waals surface area contributed by atoms with Crippen LogP contribution < -0.4 is 11.3 Å². The summed E-state index contributed by atoms with van der Waals surface area (Å²) in [5, 5.41) is 0. The van der Waals surface area contributed by atoms with Crippen LogP contribution in [-0.4, -0.2) is 9.97 Å². The Balaban J connectivity index is 1.97. The normalized spacial score (nSPS) is 12.3. The molecule has 0 saturated carbocycles. The Bertz CT molecular complexity index is 430. The van der Waals surface area contributed by atoms with Gasteiger partial charge in [0, 0.05) is 24.0 Å². The Morgan fingerprint density at radius 1 is 1.12 bits per heavy atom. The standard InChI is InChI=1S/C13H16N4/c14-17-13(12-8-15-10-16-9-12)7-6-11-4-2-1-3-5-11/h1-5,8-10,13,17H,6-7,14H2. The molecule has 0 fully saturated rings. The van der Waals surface area contributed by atoms with Gasteiger partial charge in [-0.1, -0.05) is 30.3 Å². The van der Waals surface area contributed by atoms with Crippen LogP contribution in [0.15, 0.2) is 49.1 Å². The molecular weight excluding hydrogens is 212 g/mol. The van der Waals surface area contributed by atoms with Gasteiger partial charge >= 0.3 is 0 Å². The molecular formula is C13H16N4. The number of hydrogen-bond acceptors (Lipinski definition) is 4. The molecule has 3 N–H and O–H groups in total. The van der Waals surface area contributed by atoms with Gasteiger partial charge in [0.15, 0.2) is 0 Å². The fourth-order valence-electron chi connectivity index (χ4n) is 1.79. The van der Waals surface area contributed by atoms with Crippen molar-refractivity contribution >= 4 is 0 Å². The summed E-state index contributed by atoms with van der Waals surface area (Å²) in [6, 6.07) is 10.5. The maximum Gasteiger partial charge on any atom is 0.115 e. The highest BCUT2D eigenvalue weighted by Crippen LogP contribution is 2.16. The molecule has 88 valence electrons. The first-order valence-electron chi connectivity index (χ1n) is 5.65. The summed E-state index contributed by atoms with van der Waals surface area (Å²) in [6.07, 6.45) is 7.01. The predicted octanol–water partition coefficient (Wildman–Crippen LogP) is 1.61. The average molecular weight is 228 g/mol. The minimum absolute atomic E-state index is 0.0939. The third-order valence-corrected chi connectivity index (χ3v) is 2.75. The first-order valence-corrected chi connectivity index (χ1v) is 5.65. The van der Waals surface area contributed by atoms with Gasteiger partial charge in [-0.05, 0) is 18.4 Å². The summed E-state index contributed by atoms with van der Waals surface area (Å²) < 4.78 is 0. The molecule has 2 rings (SSSR count). The van der Waals surface area contributed by atoms with Crippen molar-refractivity contribution in [1.29, 1.82) is 0 Å². The van der Waals surface area contributed by atoms with E-state index in [1.807, 2.05) is 18.2 Å². The van der Waals surface area contributed by atoms with E-state index in [1.54, 1.807) is 12.4 Å². The summed E-state index contributed by atoms with van der Waals surface area (Å²) in [5.41, 5.74) is 5.14. The highest BCUT2D eigenvalue weighted by molar-refractivity contribution is 5.16. The van der Waals surface area contributed by atoms with E-state index in [-0.39, 0.29) is 6.04 Å². The Morgan fingerprint density at radius 2 is 1.82 bits per heavy atom. The molecule has 1 aromatic carbocycles. The van der Waals surface area contributed by atoms with Gasteiger partial charge in [0.25, 0.3) is 0 Å². The number of aryl methyl sites for hydroxylation is 1.